The Kier molecular flexibility index (Phi) is 5.68. The van der Waals surface area contributed by atoms with Gasteiger partial charge in [0.25, 0.3) is 5.91 Å². The summed E-state index contributed by atoms with van der Waals surface area (Å²) < 4.78 is 28.6. The molecule has 0 aliphatic rings. The number of para-hydroxylation sites is 1. The van der Waals surface area contributed by atoms with E-state index in [1.165, 1.54) is 6.20 Å². The summed E-state index contributed by atoms with van der Waals surface area (Å²) >= 11 is 0. The molecule has 1 heterocycles. The molecule has 0 unspecified atom stereocenters. The minimum atomic E-state index is -3.60. The number of hydrogen-bond donors (Lipinski definition) is 2. The van der Waals surface area contributed by atoms with Gasteiger partial charge >= 0.3 is 0 Å². The molecule has 0 atom stereocenters. The summed E-state index contributed by atoms with van der Waals surface area (Å²) in [5.74, 6) is -0.328. The van der Waals surface area contributed by atoms with E-state index in [4.69, 9.17) is 0 Å². The van der Waals surface area contributed by atoms with Crippen LogP contribution in [-0.2, 0) is 10.0 Å². The molecular formula is C19H20N4O3S. The lowest BCUT2D eigenvalue weighted by molar-refractivity contribution is 0.0947. The Labute approximate surface area is 158 Å². The Balaban J connectivity index is 1.56. The number of hydrogen-bond acceptors (Lipinski definition) is 4. The topological polar surface area (TPSA) is 93.1 Å². The van der Waals surface area contributed by atoms with Crippen LogP contribution in [0.5, 0.6) is 0 Å². The smallest absolute Gasteiger partial charge is 0.269 e. The second kappa shape index (κ2) is 8.15. The molecule has 1 aromatic heterocycles. The third-order valence-electron chi connectivity index (χ3n) is 3.94. The van der Waals surface area contributed by atoms with Gasteiger partial charge in [0.05, 0.1) is 17.4 Å². The van der Waals surface area contributed by atoms with E-state index in [-0.39, 0.29) is 23.9 Å². The van der Waals surface area contributed by atoms with Gasteiger partial charge in [-0.25, -0.2) is 18.1 Å². The molecule has 0 aliphatic carbocycles. The van der Waals surface area contributed by atoms with Crippen LogP contribution < -0.4 is 10.0 Å². The zero-order valence-electron chi connectivity index (χ0n) is 14.8. The van der Waals surface area contributed by atoms with Crippen LogP contribution in [0, 0.1) is 6.92 Å². The maximum Gasteiger partial charge on any atom is 0.269 e. The van der Waals surface area contributed by atoms with Crippen LogP contribution >= 0.6 is 0 Å². The minimum Gasteiger partial charge on any atom is -0.349 e. The number of carbonyl (C=O) groups excluding carboxylic acids is 1. The van der Waals surface area contributed by atoms with Crippen LogP contribution in [-0.4, -0.2) is 37.0 Å². The quantitative estimate of drug-likeness (QED) is 0.609. The lowest BCUT2D eigenvalue weighted by Gasteiger charge is -2.10. The van der Waals surface area contributed by atoms with Gasteiger partial charge in [-0.1, -0.05) is 35.9 Å². The second-order valence-electron chi connectivity index (χ2n) is 5.95. The van der Waals surface area contributed by atoms with Crippen LogP contribution in [0.4, 0.5) is 0 Å². The minimum absolute atomic E-state index is 0.0847. The van der Waals surface area contributed by atoms with Crippen molar-refractivity contribution in [1.82, 2.24) is 19.6 Å². The number of aromatic nitrogens is 2. The van der Waals surface area contributed by atoms with Gasteiger partial charge in [-0.15, -0.1) is 0 Å². The highest BCUT2D eigenvalue weighted by Crippen LogP contribution is 2.11. The first-order chi connectivity index (χ1) is 13.0. The molecule has 0 saturated heterocycles. The fourth-order valence-corrected chi connectivity index (χ4v) is 3.54. The average Bonchev–Trinajstić information content (AvgIpc) is 3.16. The fraction of sp³-hybridized carbons (Fsp3) is 0.158. The maximum atomic E-state index is 12.4. The monoisotopic (exact) mass is 384 g/mol. The zero-order chi connectivity index (χ0) is 19.3. The fourth-order valence-electron chi connectivity index (χ4n) is 2.51. The van der Waals surface area contributed by atoms with Crippen molar-refractivity contribution in [3.05, 3.63) is 78.4 Å². The standard InChI is InChI=1S/C19H20N4O3S/c1-15-7-9-17(10-8-15)27(25,26)22-12-11-21-19(24)18-13-20-14-23(18)16-5-3-2-4-6-16/h2-10,13-14,22H,11-12H2,1H3,(H,21,24). The predicted octanol–water partition coefficient (Wildman–Crippen LogP) is 1.89. The number of nitrogens with one attached hydrogen (secondary N) is 2. The summed E-state index contributed by atoms with van der Waals surface area (Å²) in [5.41, 5.74) is 2.18. The second-order valence-corrected chi connectivity index (χ2v) is 7.72. The number of carbonyl (C=O) groups is 1. The Morgan fingerprint density at radius 3 is 2.44 bits per heavy atom. The molecule has 3 aromatic rings. The van der Waals surface area contributed by atoms with Gasteiger partial charge in [0.1, 0.15) is 5.69 Å². The third kappa shape index (κ3) is 4.60. The molecule has 2 aromatic carbocycles. The van der Waals surface area contributed by atoms with Crippen molar-refractivity contribution in [3.8, 4) is 5.69 Å². The van der Waals surface area contributed by atoms with Crippen molar-refractivity contribution in [2.75, 3.05) is 13.1 Å². The van der Waals surface area contributed by atoms with E-state index in [0.29, 0.717) is 5.69 Å². The third-order valence-corrected chi connectivity index (χ3v) is 5.42. The van der Waals surface area contributed by atoms with E-state index < -0.39 is 10.0 Å². The molecule has 7 nitrogen and oxygen atoms in total. The van der Waals surface area contributed by atoms with Gasteiger partial charge < -0.3 is 5.32 Å². The van der Waals surface area contributed by atoms with Crippen LogP contribution in [0.3, 0.4) is 0 Å². The summed E-state index contributed by atoms with van der Waals surface area (Å²) in [4.78, 5) is 16.6. The van der Waals surface area contributed by atoms with Crippen molar-refractivity contribution >= 4 is 15.9 Å². The molecule has 0 saturated carbocycles. The van der Waals surface area contributed by atoms with Gasteiger partial charge in [-0.3, -0.25) is 9.36 Å². The molecule has 1 amide bonds. The Bertz CT molecular complexity index is 1010. The average molecular weight is 384 g/mol. The molecule has 0 bridgehead atoms. The number of rotatable bonds is 7. The lowest BCUT2D eigenvalue weighted by Crippen LogP contribution is -2.35. The van der Waals surface area contributed by atoms with E-state index >= 15 is 0 Å². The highest BCUT2D eigenvalue weighted by atomic mass is 32.2. The molecule has 0 spiro atoms. The Morgan fingerprint density at radius 1 is 1.04 bits per heavy atom. The number of sulfonamides is 1. The summed E-state index contributed by atoms with van der Waals surface area (Å²) in [7, 11) is -3.60. The van der Waals surface area contributed by atoms with E-state index in [0.717, 1.165) is 11.3 Å². The summed E-state index contributed by atoms with van der Waals surface area (Å²) in [6, 6.07) is 15.9. The van der Waals surface area contributed by atoms with E-state index in [9.17, 15) is 13.2 Å². The molecule has 140 valence electrons. The van der Waals surface area contributed by atoms with Gasteiger partial charge in [0.2, 0.25) is 10.0 Å². The van der Waals surface area contributed by atoms with Gasteiger partial charge in [0, 0.05) is 18.8 Å². The SMILES string of the molecule is Cc1ccc(S(=O)(=O)NCCNC(=O)c2cncn2-c2ccccc2)cc1. The van der Waals surface area contributed by atoms with E-state index in [2.05, 4.69) is 15.0 Å². The zero-order valence-corrected chi connectivity index (χ0v) is 15.6. The Morgan fingerprint density at radius 2 is 1.74 bits per heavy atom. The summed E-state index contributed by atoms with van der Waals surface area (Å²) in [6.45, 7) is 2.13. The highest BCUT2D eigenvalue weighted by Gasteiger charge is 2.15. The number of imidazole rings is 1. The molecule has 0 fully saturated rings. The largest absolute Gasteiger partial charge is 0.349 e. The first kappa shape index (κ1) is 18.8. The van der Waals surface area contributed by atoms with Crippen molar-refractivity contribution in [2.45, 2.75) is 11.8 Å². The van der Waals surface area contributed by atoms with Crippen molar-refractivity contribution in [2.24, 2.45) is 0 Å². The van der Waals surface area contributed by atoms with Crippen molar-refractivity contribution < 1.29 is 13.2 Å². The first-order valence-corrected chi connectivity index (χ1v) is 9.88. The highest BCUT2D eigenvalue weighted by molar-refractivity contribution is 7.89. The van der Waals surface area contributed by atoms with Crippen molar-refractivity contribution in [3.63, 3.8) is 0 Å². The van der Waals surface area contributed by atoms with Gasteiger partial charge in [0.15, 0.2) is 0 Å². The predicted molar refractivity (Wildman–Crippen MR) is 102 cm³/mol. The van der Waals surface area contributed by atoms with Crippen LogP contribution in [0.15, 0.2) is 72.0 Å². The number of aryl methyl sites for hydroxylation is 1. The summed E-state index contributed by atoms with van der Waals surface area (Å²) in [5, 5.41) is 2.70. The number of benzene rings is 2. The van der Waals surface area contributed by atoms with Crippen LogP contribution in [0.2, 0.25) is 0 Å². The Hall–Kier alpha value is -2.97. The molecule has 2 N–H and O–H groups in total. The first-order valence-electron chi connectivity index (χ1n) is 8.40. The molecule has 8 heteroatoms. The van der Waals surface area contributed by atoms with Crippen LogP contribution in [0.25, 0.3) is 5.69 Å². The van der Waals surface area contributed by atoms with Crippen molar-refractivity contribution in [1.29, 1.82) is 0 Å². The number of nitrogens with zero attached hydrogens (tertiary/aromatic N) is 2. The number of amides is 1. The van der Waals surface area contributed by atoms with Gasteiger partial charge in [-0.05, 0) is 31.2 Å². The molecular weight excluding hydrogens is 364 g/mol. The maximum absolute atomic E-state index is 12.4. The molecule has 27 heavy (non-hydrogen) atoms. The normalized spacial score (nSPS) is 11.3. The molecule has 3 rings (SSSR count). The van der Waals surface area contributed by atoms with E-state index in [1.807, 2.05) is 37.3 Å². The molecule has 0 aliphatic heterocycles. The van der Waals surface area contributed by atoms with Gasteiger partial charge in [-0.2, -0.15) is 0 Å². The van der Waals surface area contributed by atoms with Crippen LogP contribution in [0.1, 0.15) is 16.1 Å². The molecule has 0 radical (unpaired) electrons. The lowest BCUT2D eigenvalue weighted by atomic mass is 10.2. The summed E-state index contributed by atoms with van der Waals surface area (Å²) in [6.07, 6.45) is 3.03. The van der Waals surface area contributed by atoms with E-state index in [1.54, 1.807) is 35.2 Å².